The number of H-pyrrole nitrogens is 1. The van der Waals surface area contributed by atoms with Crippen molar-refractivity contribution in [1.29, 1.82) is 0 Å². The Labute approximate surface area is 134 Å². The van der Waals surface area contributed by atoms with E-state index in [1.54, 1.807) is 4.90 Å². The number of carbonyl (C=O) groups excluding carboxylic acids is 1. The average molecular weight is 303 g/mol. The number of aromatic nitrogens is 2. The van der Waals surface area contributed by atoms with Gasteiger partial charge in [0.2, 0.25) is 0 Å². The van der Waals surface area contributed by atoms with Crippen LogP contribution in [0.4, 0.5) is 0 Å². The first-order valence-electron chi connectivity index (χ1n) is 7.69. The first-order valence-corrected chi connectivity index (χ1v) is 7.69. The Bertz CT molecular complexity index is 904. The summed E-state index contributed by atoms with van der Waals surface area (Å²) in [6.45, 7) is 6.68. The smallest absolute Gasteiger partial charge is 0.258 e. The monoisotopic (exact) mass is 303 g/mol. The molecule has 4 heteroatoms. The van der Waals surface area contributed by atoms with Crippen LogP contribution in [-0.4, -0.2) is 27.3 Å². The van der Waals surface area contributed by atoms with Crippen LogP contribution in [0.15, 0.2) is 49.2 Å². The van der Waals surface area contributed by atoms with Gasteiger partial charge in [0, 0.05) is 35.3 Å². The third kappa shape index (κ3) is 2.14. The van der Waals surface area contributed by atoms with Crippen LogP contribution in [0.25, 0.3) is 16.7 Å². The molecule has 1 aliphatic heterocycles. The summed E-state index contributed by atoms with van der Waals surface area (Å²) in [6.07, 6.45) is 2.72. The van der Waals surface area contributed by atoms with Gasteiger partial charge in [-0.2, -0.15) is 0 Å². The fourth-order valence-corrected chi connectivity index (χ4v) is 3.15. The van der Waals surface area contributed by atoms with Crippen molar-refractivity contribution in [2.75, 3.05) is 6.54 Å². The summed E-state index contributed by atoms with van der Waals surface area (Å²) in [5.41, 5.74) is 6.60. The summed E-state index contributed by atoms with van der Waals surface area (Å²) >= 11 is 0. The predicted octanol–water partition coefficient (Wildman–Crippen LogP) is 3.54. The summed E-state index contributed by atoms with van der Waals surface area (Å²) < 4.78 is 0. The summed E-state index contributed by atoms with van der Waals surface area (Å²) in [5, 5.41) is 0. The molecule has 1 aromatic carbocycles. The maximum atomic E-state index is 12.5. The molecule has 0 bridgehead atoms. The van der Waals surface area contributed by atoms with Gasteiger partial charge in [0.05, 0.1) is 11.0 Å². The molecule has 0 fully saturated rings. The summed E-state index contributed by atoms with van der Waals surface area (Å²) in [6, 6.07) is 11.7. The topological polar surface area (TPSA) is 49.0 Å². The Kier molecular flexibility index (Phi) is 3.05. The molecule has 0 saturated heterocycles. The van der Waals surface area contributed by atoms with Crippen molar-refractivity contribution in [2.45, 2.75) is 13.3 Å². The Morgan fingerprint density at radius 3 is 2.74 bits per heavy atom. The van der Waals surface area contributed by atoms with Gasteiger partial charge >= 0.3 is 0 Å². The fraction of sp³-hybridized carbons (Fsp3) is 0.158. The first kappa shape index (κ1) is 13.8. The second kappa shape index (κ2) is 5.09. The van der Waals surface area contributed by atoms with Gasteiger partial charge in [0.25, 0.3) is 5.91 Å². The highest BCUT2D eigenvalue weighted by atomic mass is 16.2. The number of aromatic amines is 1. The number of hydrogen-bond donors (Lipinski definition) is 1. The Morgan fingerprint density at radius 2 is 1.96 bits per heavy atom. The van der Waals surface area contributed by atoms with Gasteiger partial charge in [0.15, 0.2) is 0 Å². The van der Waals surface area contributed by atoms with Crippen molar-refractivity contribution in [1.82, 2.24) is 14.9 Å². The lowest BCUT2D eigenvalue weighted by Crippen LogP contribution is -2.25. The van der Waals surface area contributed by atoms with Gasteiger partial charge in [-0.3, -0.25) is 9.78 Å². The lowest BCUT2D eigenvalue weighted by atomic mass is 10.1. The Hall–Kier alpha value is -2.88. The zero-order valence-electron chi connectivity index (χ0n) is 13.0. The summed E-state index contributed by atoms with van der Waals surface area (Å²) in [7, 11) is 0. The number of hydrogen-bond acceptors (Lipinski definition) is 2. The van der Waals surface area contributed by atoms with Crippen LogP contribution in [-0.2, 0) is 6.42 Å². The van der Waals surface area contributed by atoms with Crippen LogP contribution in [0.2, 0.25) is 0 Å². The highest BCUT2D eigenvalue weighted by Crippen LogP contribution is 2.31. The van der Waals surface area contributed by atoms with E-state index in [1.165, 1.54) is 0 Å². The number of rotatable bonds is 3. The number of carbonyl (C=O) groups is 1. The molecule has 4 nitrogen and oxygen atoms in total. The molecule has 2 aromatic heterocycles. The minimum absolute atomic E-state index is 0.0366. The second-order valence-electron chi connectivity index (χ2n) is 5.86. The van der Waals surface area contributed by atoms with E-state index in [2.05, 4.69) is 16.5 Å². The van der Waals surface area contributed by atoms with Gasteiger partial charge in [-0.15, -0.1) is 0 Å². The number of nitrogens with zero attached hydrogens (tertiary/aromatic N) is 2. The van der Waals surface area contributed by atoms with Crippen LogP contribution < -0.4 is 0 Å². The quantitative estimate of drug-likeness (QED) is 0.804. The normalized spacial score (nSPS) is 13.9. The van der Waals surface area contributed by atoms with Gasteiger partial charge in [-0.05, 0) is 37.1 Å². The molecule has 114 valence electrons. The molecule has 0 atom stereocenters. The first-order chi connectivity index (χ1) is 11.1. The molecule has 0 unspecified atom stereocenters. The molecular weight excluding hydrogens is 286 g/mol. The lowest BCUT2D eigenvalue weighted by Gasteiger charge is -2.17. The second-order valence-corrected chi connectivity index (χ2v) is 5.86. The molecule has 23 heavy (non-hydrogen) atoms. The van der Waals surface area contributed by atoms with Gasteiger partial charge in [-0.25, -0.2) is 0 Å². The van der Waals surface area contributed by atoms with Crippen molar-refractivity contribution in [3.8, 4) is 0 Å². The van der Waals surface area contributed by atoms with Crippen LogP contribution >= 0.6 is 0 Å². The van der Waals surface area contributed by atoms with Crippen LogP contribution in [0.1, 0.15) is 27.2 Å². The van der Waals surface area contributed by atoms with Crippen molar-refractivity contribution >= 4 is 22.6 Å². The Balaban J connectivity index is 1.59. The number of fused-ring (bicyclic) bond motifs is 2. The maximum Gasteiger partial charge on any atom is 0.258 e. The minimum atomic E-state index is 0.0366. The van der Waals surface area contributed by atoms with Gasteiger partial charge in [0.1, 0.15) is 0 Å². The standard InChI is InChI=1S/C19H17N3O/c1-12-7-8-17-18(21-12)14(11-20-17)9-10-22-13(2)15-5-3-4-6-16(15)19(22)23/h3-8,11,20H,2,9-10H2,1H3. The maximum absolute atomic E-state index is 12.5. The summed E-state index contributed by atoms with van der Waals surface area (Å²) in [4.78, 5) is 22.1. The number of amides is 1. The highest BCUT2D eigenvalue weighted by molar-refractivity contribution is 6.08. The fourth-order valence-electron chi connectivity index (χ4n) is 3.15. The lowest BCUT2D eigenvalue weighted by molar-refractivity contribution is 0.0852. The van der Waals surface area contributed by atoms with Crippen LogP contribution in [0, 0.1) is 6.92 Å². The molecule has 1 amide bonds. The van der Waals surface area contributed by atoms with Gasteiger partial charge < -0.3 is 9.88 Å². The van der Waals surface area contributed by atoms with Crippen LogP contribution in [0.5, 0.6) is 0 Å². The molecule has 1 aliphatic rings. The van der Waals surface area contributed by atoms with E-state index < -0.39 is 0 Å². The van der Waals surface area contributed by atoms with Crippen molar-refractivity contribution in [3.63, 3.8) is 0 Å². The van der Waals surface area contributed by atoms with E-state index in [1.807, 2.05) is 49.5 Å². The molecule has 3 heterocycles. The number of pyridine rings is 1. The third-order valence-corrected chi connectivity index (χ3v) is 4.38. The van der Waals surface area contributed by atoms with E-state index in [9.17, 15) is 4.79 Å². The molecule has 0 saturated carbocycles. The molecule has 0 aliphatic carbocycles. The molecule has 0 radical (unpaired) electrons. The van der Waals surface area contributed by atoms with Crippen molar-refractivity contribution < 1.29 is 4.79 Å². The van der Waals surface area contributed by atoms with Crippen molar-refractivity contribution in [3.05, 3.63) is 71.6 Å². The number of benzene rings is 1. The van der Waals surface area contributed by atoms with E-state index in [0.29, 0.717) is 6.54 Å². The molecule has 1 N–H and O–H groups in total. The van der Waals surface area contributed by atoms with E-state index in [-0.39, 0.29) is 5.91 Å². The highest BCUT2D eigenvalue weighted by Gasteiger charge is 2.30. The zero-order valence-corrected chi connectivity index (χ0v) is 13.0. The number of aryl methyl sites for hydroxylation is 1. The largest absolute Gasteiger partial charge is 0.360 e. The van der Waals surface area contributed by atoms with E-state index in [0.717, 1.165) is 45.5 Å². The third-order valence-electron chi connectivity index (χ3n) is 4.38. The summed E-state index contributed by atoms with van der Waals surface area (Å²) in [5.74, 6) is 0.0366. The predicted molar refractivity (Wildman–Crippen MR) is 91.0 cm³/mol. The SMILES string of the molecule is C=C1c2ccccc2C(=O)N1CCc1c[nH]c2ccc(C)nc12. The van der Waals surface area contributed by atoms with Crippen molar-refractivity contribution in [2.24, 2.45) is 0 Å². The molecule has 3 aromatic rings. The van der Waals surface area contributed by atoms with Crippen LogP contribution in [0.3, 0.4) is 0 Å². The average Bonchev–Trinajstić information content (AvgIpc) is 3.06. The molecule has 0 spiro atoms. The minimum Gasteiger partial charge on any atom is -0.360 e. The van der Waals surface area contributed by atoms with Gasteiger partial charge in [-0.1, -0.05) is 24.8 Å². The van der Waals surface area contributed by atoms with E-state index >= 15 is 0 Å². The molecule has 4 rings (SSSR count). The Morgan fingerprint density at radius 1 is 1.17 bits per heavy atom. The zero-order chi connectivity index (χ0) is 16.0. The molecular formula is C19H17N3O. The number of nitrogens with one attached hydrogen (secondary N) is 1. The van der Waals surface area contributed by atoms with E-state index in [4.69, 9.17) is 0 Å².